The Labute approximate surface area is 372 Å². The van der Waals surface area contributed by atoms with Gasteiger partial charge in [-0.1, -0.05) is 141 Å². The van der Waals surface area contributed by atoms with Gasteiger partial charge in [-0.3, -0.25) is 9.55 Å². The second-order valence-corrected chi connectivity index (χ2v) is 19.9. The molecular weight excluding hydrogens is 934 g/mol. The Bertz CT molecular complexity index is 3050. The average Bonchev–Trinajstić information content (AvgIpc) is 3.78. The van der Waals surface area contributed by atoms with Gasteiger partial charge in [-0.05, 0) is 80.6 Å². The fraction of sp³-hybridized carbons (Fsp3) is 0.222. The van der Waals surface area contributed by atoms with Crippen LogP contribution in [-0.4, -0.2) is 19.6 Å². The van der Waals surface area contributed by atoms with Gasteiger partial charge in [0, 0.05) is 42.3 Å². The number of nitrogens with zero attached hydrogens (tertiary/aromatic N) is 3. The number of aromatic nitrogens is 3. The van der Waals surface area contributed by atoms with Crippen LogP contribution < -0.4 is 0 Å². The first-order chi connectivity index (χ1) is 28.1. The number of benzene rings is 6. The van der Waals surface area contributed by atoms with Crippen LogP contribution in [0.4, 0.5) is 0 Å². The Balaban J connectivity index is 0.00000499. The Morgan fingerprint density at radius 1 is 0.567 bits per heavy atom. The molecule has 4 nitrogen and oxygen atoms in total. The minimum atomic E-state index is -0.313. The normalized spacial score (nSPS) is 12.3. The molecule has 0 amide bonds. The van der Waals surface area contributed by atoms with Crippen LogP contribution in [0.5, 0.6) is 5.75 Å². The van der Waals surface area contributed by atoms with E-state index in [1.165, 1.54) is 5.56 Å². The maximum Gasteiger partial charge on any atom is 0.149 e. The van der Waals surface area contributed by atoms with Gasteiger partial charge in [-0.2, -0.15) is 0 Å². The van der Waals surface area contributed by atoms with Gasteiger partial charge < -0.3 is 5.11 Å². The zero-order chi connectivity index (χ0) is 41.4. The van der Waals surface area contributed by atoms with E-state index in [1.54, 1.807) is 11.3 Å². The van der Waals surface area contributed by atoms with Crippen LogP contribution in [0.15, 0.2) is 133 Å². The molecule has 9 aromatic rings. The van der Waals surface area contributed by atoms with Crippen molar-refractivity contribution < 1.29 is 26.2 Å². The predicted octanol–water partition coefficient (Wildman–Crippen LogP) is 14.9. The minimum Gasteiger partial charge on any atom is -0.507 e. The van der Waals surface area contributed by atoms with Crippen molar-refractivity contribution in [1.29, 1.82) is 0 Å². The number of pyridine rings is 1. The number of hydrogen-bond acceptors (Lipinski definition) is 4. The summed E-state index contributed by atoms with van der Waals surface area (Å²) in [7, 11) is 0. The van der Waals surface area contributed by atoms with Crippen LogP contribution in [0.2, 0.25) is 0 Å². The van der Waals surface area contributed by atoms with Gasteiger partial charge in [0.2, 0.25) is 0 Å². The van der Waals surface area contributed by atoms with E-state index < -0.39 is 0 Å². The number of rotatable bonds is 5. The average molecular weight is 984 g/mol. The molecule has 9 rings (SSSR count). The van der Waals surface area contributed by atoms with E-state index >= 15 is 0 Å². The van der Waals surface area contributed by atoms with E-state index in [0.717, 1.165) is 81.7 Å². The zero-order valence-corrected chi connectivity index (χ0v) is 38.8. The molecule has 0 radical (unpaired) electrons. The molecule has 0 aliphatic carbocycles. The number of hydrogen-bond donors (Lipinski definition) is 1. The van der Waals surface area contributed by atoms with Crippen LogP contribution in [-0.2, 0) is 37.3 Å². The molecule has 0 saturated carbocycles. The van der Waals surface area contributed by atoms with Gasteiger partial charge in [0.15, 0.2) is 0 Å². The van der Waals surface area contributed by atoms with Crippen molar-refractivity contribution in [2.45, 2.75) is 78.6 Å². The standard InChI is InChI=1S/C54H50N3OS.Pt/c1-52(2,3)37-23-25-43(39(30-37)34-19-14-11-15-20-34)57-44-26-28-45-47(48(44)56-51(57)40-31-38(53(4,5)6)32-41(50(40)58)54(7,8)9)49-46(59-45)27-24-42(55-49)36-22-16-21-35(29-36)33-17-12-10-13-18-33;/h10-21,23-32,58H,1-9H3;/q-1;. The summed E-state index contributed by atoms with van der Waals surface area (Å²) in [4.78, 5) is 11.0. The van der Waals surface area contributed by atoms with Crippen LogP contribution in [0.25, 0.3) is 81.9 Å². The van der Waals surface area contributed by atoms with Crippen molar-refractivity contribution in [3.63, 3.8) is 0 Å². The minimum absolute atomic E-state index is 0. The Hall–Kier alpha value is -5.35. The third kappa shape index (κ3) is 7.41. The molecule has 3 aromatic heterocycles. The van der Waals surface area contributed by atoms with Crippen molar-refractivity contribution in [3.05, 3.63) is 156 Å². The monoisotopic (exact) mass is 983 g/mol. The maximum atomic E-state index is 12.4. The van der Waals surface area contributed by atoms with Gasteiger partial charge in [0.1, 0.15) is 17.1 Å². The predicted molar refractivity (Wildman–Crippen MR) is 250 cm³/mol. The molecule has 0 fully saturated rings. The molecule has 0 spiro atoms. The topological polar surface area (TPSA) is 50.9 Å². The molecule has 0 unspecified atom stereocenters. The first-order valence-electron chi connectivity index (χ1n) is 20.5. The molecule has 0 bridgehead atoms. The van der Waals surface area contributed by atoms with Crippen LogP contribution >= 0.6 is 11.3 Å². The van der Waals surface area contributed by atoms with Crippen molar-refractivity contribution in [1.82, 2.24) is 14.5 Å². The molecule has 1 N–H and O–H groups in total. The SMILES string of the molecule is CC(C)(C)c1ccc(-n2c(-c3cc(C(C)(C)C)cc(C(C)(C)C)c3O)nc3c4c(ccc32)sc2ccc(-c3[c-]ccc(-c5ccccc5)c3)nc24)c(-c2ccccc2)c1.[Pt]. The summed E-state index contributed by atoms with van der Waals surface area (Å²) in [6.45, 7) is 20.0. The Morgan fingerprint density at radius 2 is 1.22 bits per heavy atom. The fourth-order valence-corrected chi connectivity index (χ4v) is 9.17. The van der Waals surface area contributed by atoms with Crippen LogP contribution in [0.1, 0.15) is 79.0 Å². The van der Waals surface area contributed by atoms with Crippen LogP contribution in [0.3, 0.4) is 0 Å². The summed E-state index contributed by atoms with van der Waals surface area (Å²) in [5, 5.41) is 13.5. The largest absolute Gasteiger partial charge is 0.507 e. The summed E-state index contributed by atoms with van der Waals surface area (Å²) in [5.74, 6) is 0.956. The van der Waals surface area contributed by atoms with Crippen molar-refractivity contribution in [2.24, 2.45) is 0 Å². The third-order valence-electron chi connectivity index (χ3n) is 11.5. The molecule has 0 atom stereocenters. The Kier molecular flexibility index (Phi) is 10.5. The molecular formula is C54H50N3OPtS-. The number of phenols is 1. The molecule has 6 heteroatoms. The second-order valence-electron chi connectivity index (χ2n) is 18.8. The fourth-order valence-electron chi connectivity index (χ4n) is 8.12. The van der Waals surface area contributed by atoms with Crippen LogP contribution in [0, 0.1) is 6.07 Å². The summed E-state index contributed by atoms with van der Waals surface area (Å²) in [5.41, 5.74) is 13.5. The summed E-state index contributed by atoms with van der Waals surface area (Å²) >= 11 is 1.74. The quantitative estimate of drug-likeness (QED) is 0.175. The van der Waals surface area contributed by atoms with Crippen molar-refractivity contribution in [2.75, 3.05) is 0 Å². The third-order valence-corrected chi connectivity index (χ3v) is 12.6. The first-order valence-corrected chi connectivity index (χ1v) is 21.3. The van der Waals surface area contributed by atoms with Gasteiger partial charge in [0.05, 0.1) is 27.0 Å². The number of imidazole rings is 1. The number of phenolic OH excluding ortho intramolecular Hbond substituents is 1. The number of fused-ring (bicyclic) bond motifs is 5. The van der Waals surface area contributed by atoms with E-state index in [4.69, 9.17) is 9.97 Å². The second kappa shape index (κ2) is 15.3. The van der Waals surface area contributed by atoms with Crippen molar-refractivity contribution >= 4 is 42.7 Å². The summed E-state index contributed by atoms with van der Waals surface area (Å²) in [6, 6.07) is 50.6. The van der Waals surface area contributed by atoms with Gasteiger partial charge in [-0.15, -0.1) is 46.7 Å². The van der Waals surface area contributed by atoms with E-state index in [1.807, 2.05) is 12.1 Å². The molecule has 0 aliphatic rings. The first kappa shape index (κ1) is 41.4. The van der Waals surface area contributed by atoms with E-state index in [-0.39, 0.29) is 43.1 Å². The molecule has 0 saturated heterocycles. The number of thiophene rings is 1. The van der Waals surface area contributed by atoms with Gasteiger partial charge in [0.25, 0.3) is 0 Å². The molecule has 304 valence electrons. The van der Waals surface area contributed by atoms with Gasteiger partial charge >= 0.3 is 0 Å². The zero-order valence-electron chi connectivity index (χ0n) is 35.7. The maximum absolute atomic E-state index is 12.4. The van der Waals surface area contributed by atoms with E-state index in [9.17, 15) is 5.11 Å². The molecule has 3 heterocycles. The molecule has 0 aliphatic heterocycles. The van der Waals surface area contributed by atoms with Crippen molar-refractivity contribution in [3.8, 4) is 56.3 Å². The molecule has 60 heavy (non-hydrogen) atoms. The van der Waals surface area contributed by atoms with E-state index in [2.05, 4.69) is 194 Å². The van der Waals surface area contributed by atoms with Gasteiger partial charge in [-0.25, -0.2) is 4.98 Å². The smallest absolute Gasteiger partial charge is 0.149 e. The Morgan fingerprint density at radius 3 is 1.88 bits per heavy atom. The summed E-state index contributed by atoms with van der Waals surface area (Å²) < 4.78 is 4.49. The summed E-state index contributed by atoms with van der Waals surface area (Å²) in [6.07, 6.45) is 0. The number of aromatic hydroxyl groups is 1. The van der Waals surface area contributed by atoms with E-state index in [0.29, 0.717) is 11.4 Å². The molecule has 6 aromatic carbocycles.